The summed E-state index contributed by atoms with van der Waals surface area (Å²) in [5, 5.41) is 51.0. The molecule has 0 unspecified atom stereocenters. The van der Waals surface area contributed by atoms with E-state index in [0.29, 0.717) is 26.8 Å². The van der Waals surface area contributed by atoms with Gasteiger partial charge in [-0.2, -0.15) is 0 Å². The minimum absolute atomic E-state index is 0.174. The maximum atomic E-state index is 11.2. The van der Waals surface area contributed by atoms with E-state index in [1.807, 2.05) is 0 Å². The van der Waals surface area contributed by atoms with Gasteiger partial charge in [0.15, 0.2) is 0 Å². The second kappa shape index (κ2) is 21.3. The van der Waals surface area contributed by atoms with E-state index in [0.717, 1.165) is 89.9 Å². The highest BCUT2D eigenvalue weighted by atomic mass is 16.5. The Morgan fingerprint density at radius 3 is 1.62 bits per heavy atom. The van der Waals surface area contributed by atoms with Crippen molar-refractivity contribution < 1.29 is 33.0 Å². The molecule has 0 aromatic heterocycles. The van der Waals surface area contributed by atoms with Gasteiger partial charge in [-0.3, -0.25) is 0 Å². The van der Waals surface area contributed by atoms with Gasteiger partial charge in [0.05, 0.1) is 13.2 Å². The summed E-state index contributed by atoms with van der Waals surface area (Å²) in [6.45, 7) is 0.0534. The summed E-state index contributed by atoms with van der Waals surface area (Å²) >= 11 is 0. The number of rotatable bonds is 24. The second-order valence-electron chi connectivity index (χ2n) is 9.14. The van der Waals surface area contributed by atoms with Crippen LogP contribution in [0.1, 0.15) is 126 Å². The van der Waals surface area contributed by atoms with E-state index >= 15 is 0 Å². The molecule has 194 valence electrons. The zero-order chi connectivity index (χ0) is 25.5. The van der Waals surface area contributed by atoms with Crippen molar-refractivity contribution in [3.05, 3.63) is 0 Å². The van der Waals surface area contributed by atoms with Crippen molar-refractivity contribution >= 4 is 0 Å². The summed E-state index contributed by atoms with van der Waals surface area (Å²) in [7, 11) is 0. The first-order valence-electron chi connectivity index (χ1n) is 14.4. The third-order valence-corrected chi connectivity index (χ3v) is 6.30. The lowest BCUT2D eigenvalue weighted by atomic mass is 9.82. The number of aliphatic hydroxyl groups excluding tert-OH is 4. The van der Waals surface area contributed by atoms with Crippen LogP contribution in [-0.4, -0.2) is 69.3 Å². The molecule has 0 rings (SSSR count). The van der Waals surface area contributed by atoms with Crippen LogP contribution in [0.3, 0.4) is 0 Å². The minimum atomic E-state index is -1.83. The molecule has 0 heterocycles. The summed E-state index contributed by atoms with van der Waals surface area (Å²) in [6, 6.07) is 0. The van der Waals surface area contributed by atoms with Gasteiger partial charge >= 0.3 is 0 Å². The molecule has 32 heavy (non-hydrogen) atoms. The van der Waals surface area contributed by atoms with E-state index in [1.54, 1.807) is 0 Å². The molecule has 0 aromatic carbocycles. The van der Waals surface area contributed by atoms with Gasteiger partial charge in [-0.15, -0.1) is 0 Å². The molecule has 6 nitrogen and oxygen atoms in total. The van der Waals surface area contributed by atoms with Crippen molar-refractivity contribution in [2.45, 2.75) is 147 Å². The third-order valence-electron chi connectivity index (χ3n) is 6.30. The second-order valence-corrected chi connectivity index (χ2v) is 9.14. The normalized spacial score (nSPS) is 17.4. The monoisotopic (exact) mass is 464 g/mol. The van der Waals surface area contributed by atoms with Crippen LogP contribution in [0, 0.1) is 0 Å². The van der Waals surface area contributed by atoms with Crippen LogP contribution in [0.25, 0.3) is 0 Å². The van der Waals surface area contributed by atoms with Crippen molar-refractivity contribution in [2.75, 3.05) is 19.8 Å². The fourth-order valence-electron chi connectivity index (χ4n) is 4.18. The van der Waals surface area contributed by atoms with Crippen molar-refractivity contribution in [2.24, 2.45) is 0 Å². The Morgan fingerprint density at radius 1 is 0.688 bits per heavy atom. The molecule has 0 aliphatic rings. The Hall–Kier alpha value is -0.240. The number of unbranched alkanes of at least 4 members (excludes halogenated alkanes) is 14. The molecule has 0 amide bonds. The topological polar surface area (TPSA) is 110 Å². The van der Waals surface area contributed by atoms with Gasteiger partial charge in [0, 0.05) is 9.35 Å². The Bertz CT molecular complexity index is 432. The molecular weight excluding hydrogens is 408 g/mol. The molecule has 4 atom stereocenters. The molecule has 0 aliphatic carbocycles. The quantitative estimate of drug-likeness (QED) is 0.135. The molecule has 0 bridgehead atoms. The first-order chi connectivity index (χ1) is 16.5. The standard InChI is InChI=1S/C26H54O6/c1-3-5-7-9-11-13-15-17-19-26(31,24(30)22-28)25(23(29)21-27)32-20-18-16-14-12-10-8-6-4-2/h23-25,27-31H,3-22H2,1-2H3/t23-,24-,25-,26-/m1/s1/i1D,2D. The molecule has 0 saturated heterocycles. The van der Waals surface area contributed by atoms with Gasteiger partial charge in [-0.25, -0.2) is 0 Å². The van der Waals surface area contributed by atoms with Crippen LogP contribution in [0.4, 0.5) is 0 Å². The van der Waals surface area contributed by atoms with Crippen molar-refractivity contribution in [1.29, 1.82) is 0 Å². The zero-order valence-electron chi connectivity index (χ0n) is 22.4. The van der Waals surface area contributed by atoms with Crippen LogP contribution in [-0.2, 0) is 4.74 Å². The van der Waals surface area contributed by atoms with Crippen molar-refractivity contribution in [1.82, 2.24) is 0 Å². The van der Waals surface area contributed by atoms with E-state index < -0.39 is 37.1 Å². The minimum Gasteiger partial charge on any atom is -0.394 e. The first kappa shape index (κ1) is 28.0. The lowest BCUT2D eigenvalue weighted by Crippen LogP contribution is -2.59. The average molecular weight is 465 g/mol. The molecule has 0 fully saturated rings. The molecular formula is C26H54O6. The van der Waals surface area contributed by atoms with Crippen LogP contribution >= 0.6 is 0 Å². The van der Waals surface area contributed by atoms with Crippen LogP contribution in [0.15, 0.2) is 0 Å². The van der Waals surface area contributed by atoms with E-state index in [2.05, 4.69) is 0 Å². The largest absolute Gasteiger partial charge is 0.394 e. The van der Waals surface area contributed by atoms with Crippen LogP contribution < -0.4 is 0 Å². The SMILES string of the molecule is [2H]CCCCCCCCCCO[C@H]([C@H](O)CO)[C@@](O)(CCCCCCCCCC[2H])[C@H](O)CO. The van der Waals surface area contributed by atoms with E-state index in [4.69, 9.17) is 7.48 Å². The smallest absolute Gasteiger partial charge is 0.121 e. The van der Waals surface area contributed by atoms with Gasteiger partial charge in [0.2, 0.25) is 0 Å². The van der Waals surface area contributed by atoms with E-state index in [-0.39, 0.29) is 6.42 Å². The molecule has 0 spiro atoms. The van der Waals surface area contributed by atoms with Crippen molar-refractivity contribution in [3.63, 3.8) is 0 Å². The molecule has 0 radical (unpaired) electrons. The highest BCUT2D eigenvalue weighted by Crippen LogP contribution is 2.29. The summed E-state index contributed by atoms with van der Waals surface area (Å²) in [4.78, 5) is 0. The maximum absolute atomic E-state index is 11.2. The summed E-state index contributed by atoms with van der Waals surface area (Å²) in [5.74, 6) is 0. The van der Waals surface area contributed by atoms with Crippen LogP contribution in [0.5, 0.6) is 0 Å². The maximum Gasteiger partial charge on any atom is 0.121 e. The molecule has 0 saturated carbocycles. The highest BCUT2D eigenvalue weighted by molar-refractivity contribution is 4.97. The predicted molar refractivity (Wildman–Crippen MR) is 131 cm³/mol. The molecule has 0 aliphatic heterocycles. The fraction of sp³-hybridized carbons (Fsp3) is 1.00. The Labute approximate surface area is 200 Å². The number of aliphatic hydroxyl groups is 5. The number of hydrogen-bond acceptors (Lipinski definition) is 6. The molecule has 5 N–H and O–H groups in total. The lowest BCUT2D eigenvalue weighted by Gasteiger charge is -2.41. The fourth-order valence-corrected chi connectivity index (χ4v) is 4.18. The van der Waals surface area contributed by atoms with Gasteiger partial charge in [0.25, 0.3) is 0 Å². The first-order valence-corrected chi connectivity index (χ1v) is 13.0. The Morgan fingerprint density at radius 2 is 1.16 bits per heavy atom. The van der Waals surface area contributed by atoms with Gasteiger partial charge in [-0.1, -0.05) is 110 Å². The lowest BCUT2D eigenvalue weighted by molar-refractivity contribution is -0.211. The van der Waals surface area contributed by atoms with E-state index in [9.17, 15) is 25.5 Å². The Kier molecular flexibility index (Phi) is 18.6. The summed E-state index contributed by atoms with van der Waals surface area (Å²) < 4.78 is 20.1. The molecule has 0 aromatic rings. The van der Waals surface area contributed by atoms with E-state index in [1.165, 1.54) is 6.42 Å². The third kappa shape index (κ3) is 14.1. The van der Waals surface area contributed by atoms with Gasteiger partial charge in [-0.05, 0) is 12.8 Å². The van der Waals surface area contributed by atoms with Gasteiger partial charge < -0.3 is 30.3 Å². The Balaban J connectivity index is 4.47. The summed E-state index contributed by atoms with van der Waals surface area (Å²) in [5.41, 5.74) is -1.83. The van der Waals surface area contributed by atoms with Crippen molar-refractivity contribution in [3.8, 4) is 0 Å². The molecule has 6 heteroatoms. The zero-order valence-corrected chi connectivity index (χ0v) is 20.4. The predicted octanol–water partition coefficient (Wildman–Crippen LogP) is 4.48. The summed E-state index contributed by atoms with van der Waals surface area (Å²) in [6.07, 6.45) is 12.4. The number of hydrogen-bond donors (Lipinski definition) is 5. The van der Waals surface area contributed by atoms with Gasteiger partial charge in [0.1, 0.15) is 23.9 Å². The highest BCUT2D eigenvalue weighted by Gasteiger charge is 2.46. The number of ether oxygens (including phenoxy) is 1. The average Bonchev–Trinajstić information content (AvgIpc) is 2.85. The van der Waals surface area contributed by atoms with Crippen LogP contribution in [0.2, 0.25) is 0 Å².